The van der Waals surface area contributed by atoms with Gasteiger partial charge in [-0.15, -0.1) is 0 Å². The van der Waals surface area contributed by atoms with Crippen molar-refractivity contribution in [3.05, 3.63) is 83.1 Å². The van der Waals surface area contributed by atoms with Gasteiger partial charge in [0, 0.05) is 24.4 Å². The van der Waals surface area contributed by atoms with E-state index in [0.717, 1.165) is 11.6 Å². The molecular weight excluding hydrogens is 356 g/mol. The highest BCUT2D eigenvalue weighted by Crippen LogP contribution is 2.46. The van der Waals surface area contributed by atoms with E-state index in [1.54, 1.807) is 11.9 Å². The molecule has 3 nitrogen and oxygen atoms in total. The molecule has 1 saturated heterocycles. The first-order chi connectivity index (χ1) is 13.3. The predicted octanol–water partition coefficient (Wildman–Crippen LogP) is 5.21. The number of halogens is 2. The third-order valence-electron chi connectivity index (χ3n) is 6.39. The van der Waals surface area contributed by atoms with E-state index >= 15 is 0 Å². The molecule has 0 spiro atoms. The fourth-order valence-electron chi connectivity index (χ4n) is 4.43. The van der Waals surface area contributed by atoms with Crippen molar-refractivity contribution in [2.24, 2.45) is 0 Å². The fraction of sp³-hybridized carbons (Fsp3) is 0.348. The Hall–Kier alpha value is -2.69. The molecule has 2 aromatic rings. The van der Waals surface area contributed by atoms with E-state index in [1.807, 2.05) is 6.92 Å². The Morgan fingerprint density at radius 1 is 1.11 bits per heavy atom. The van der Waals surface area contributed by atoms with Crippen LogP contribution in [0.4, 0.5) is 8.78 Å². The van der Waals surface area contributed by atoms with Crippen molar-refractivity contribution in [1.29, 1.82) is 5.41 Å². The molecule has 2 atom stereocenters. The van der Waals surface area contributed by atoms with E-state index in [2.05, 4.69) is 36.2 Å². The molecule has 1 saturated carbocycles. The van der Waals surface area contributed by atoms with E-state index in [-0.39, 0.29) is 11.9 Å². The van der Waals surface area contributed by atoms with E-state index in [9.17, 15) is 8.78 Å². The highest BCUT2D eigenvalue weighted by molar-refractivity contribution is 5.82. The topological polar surface area (TPSA) is 39.1 Å². The summed E-state index contributed by atoms with van der Waals surface area (Å²) in [7, 11) is 1.77. The van der Waals surface area contributed by atoms with Gasteiger partial charge in [-0.2, -0.15) is 0 Å². The highest BCUT2D eigenvalue weighted by atomic mass is 19.1. The largest absolute Gasteiger partial charge is 0.346 e. The zero-order valence-electron chi connectivity index (χ0n) is 16.2. The monoisotopic (exact) mass is 381 g/mol. The van der Waals surface area contributed by atoms with Crippen molar-refractivity contribution in [2.75, 3.05) is 7.05 Å². The van der Waals surface area contributed by atoms with Crippen molar-refractivity contribution < 1.29 is 8.78 Å². The van der Waals surface area contributed by atoms with E-state index in [0.29, 0.717) is 17.2 Å². The summed E-state index contributed by atoms with van der Waals surface area (Å²) >= 11 is 0. The Morgan fingerprint density at radius 2 is 1.75 bits per heavy atom. The van der Waals surface area contributed by atoms with Crippen molar-refractivity contribution in [1.82, 2.24) is 10.2 Å². The van der Waals surface area contributed by atoms with Gasteiger partial charge in [-0.05, 0) is 42.9 Å². The third kappa shape index (κ3) is 2.89. The lowest BCUT2D eigenvalue weighted by molar-refractivity contribution is 0.283. The van der Waals surface area contributed by atoms with Crippen LogP contribution in [-0.4, -0.2) is 17.9 Å². The second-order valence-electron chi connectivity index (χ2n) is 8.08. The van der Waals surface area contributed by atoms with E-state index in [1.165, 1.54) is 37.0 Å². The van der Waals surface area contributed by atoms with Crippen LogP contribution < -0.4 is 5.32 Å². The molecule has 2 N–H and O–H groups in total. The van der Waals surface area contributed by atoms with Crippen molar-refractivity contribution in [2.45, 2.75) is 43.6 Å². The minimum Gasteiger partial charge on any atom is -0.346 e. The number of hydrogen-bond donors (Lipinski definition) is 2. The molecule has 0 bridgehead atoms. The molecule has 2 aromatic carbocycles. The normalized spacial score (nSPS) is 25.4. The summed E-state index contributed by atoms with van der Waals surface area (Å²) in [5, 5.41) is 11.4. The lowest BCUT2D eigenvalue weighted by Gasteiger charge is -2.48. The minimum absolute atomic E-state index is 0.138. The summed E-state index contributed by atoms with van der Waals surface area (Å²) in [5.41, 5.74) is 2.38. The molecule has 2 aliphatic rings. The number of benzene rings is 2. The van der Waals surface area contributed by atoms with Gasteiger partial charge >= 0.3 is 0 Å². The highest BCUT2D eigenvalue weighted by Gasteiger charge is 2.46. The average molecular weight is 381 g/mol. The SMILES string of the molecule is C=C1[C@@H](c2ccc(C3CCC3)cc2)[C@@](C)(c2ccc(F)cc2F)NC(=N)N1C. The van der Waals surface area contributed by atoms with Gasteiger partial charge in [-0.1, -0.05) is 43.3 Å². The van der Waals surface area contributed by atoms with Crippen LogP contribution in [0.3, 0.4) is 0 Å². The van der Waals surface area contributed by atoms with E-state index in [4.69, 9.17) is 5.41 Å². The Balaban J connectivity index is 1.80. The number of guanidine groups is 1. The van der Waals surface area contributed by atoms with Gasteiger partial charge in [0.2, 0.25) is 0 Å². The lowest BCUT2D eigenvalue weighted by Crippen LogP contribution is -2.59. The molecule has 0 aromatic heterocycles. The second kappa shape index (κ2) is 6.73. The van der Waals surface area contributed by atoms with Crippen molar-refractivity contribution in [3.63, 3.8) is 0 Å². The zero-order chi connectivity index (χ0) is 20.1. The average Bonchev–Trinajstić information content (AvgIpc) is 2.59. The molecule has 2 fully saturated rings. The summed E-state index contributed by atoms with van der Waals surface area (Å²) in [6.45, 7) is 6.05. The summed E-state index contributed by atoms with van der Waals surface area (Å²) in [4.78, 5) is 1.67. The second-order valence-corrected chi connectivity index (χ2v) is 8.08. The van der Waals surface area contributed by atoms with Crippen LogP contribution >= 0.6 is 0 Å². The maximum absolute atomic E-state index is 14.8. The number of hydrogen-bond acceptors (Lipinski definition) is 1. The Morgan fingerprint density at radius 3 is 2.32 bits per heavy atom. The van der Waals surface area contributed by atoms with Crippen LogP contribution in [0.5, 0.6) is 0 Å². The van der Waals surface area contributed by atoms with Gasteiger partial charge in [0.1, 0.15) is 11.6 Å². The van der Waals surface area contributed by atoms with Crippen LogP contribution in [0.15, 0.2) is 54.7 Å². The summed E-state index contributed by atoms with van der Waals surface area (Å²) in [5.74, 6) is -0.775. The number of likely N-dealkylation sites (N-methyl/N-ethyl adjacent to an activating group) is 1. The molecule has 5 heteroatoms. The smallest absolute Gasteiger partial charge is 0.195 e. The fourth-order valence-corrected chi connectivity index (χ4v) is 4.43. The molecule has 0 unspecified atom stereocenters. The van der Waals surface area contributed by atoms with Crippen molar-refractivity contribution in [3.8, 4) is 0 Å². The molecule has 1 heterocycles. The maximum Gasteiger partial charge on any atom is 0.195 e. The van der Waals surface area contributed by atoms with E-state index < -0.39 is 17.2 Å². The van der Waals surface area contributed by atoms with Crippen LogP contribution in [0.2, 0.25) is 0 Å². The number of nitrogens with one attached hydrogen (secondary N) is 2. The van der Waals surface area contributed by atoms with Gasteiger partial charge in [0.15, 0.2) is 5.96 Å². The molecule has 0 amide bonds. The van der Waals surface area contributed by atoms with Crippen molar-refractivity contribution >= 4 is 5.96 Å². The Kier molecular flexibility index (Phi) is 4.48. The first kappa shape index (κ1) is 18.7. The van der Waals surface area contributed by atoms with Crippen LogP contribution in [0.1, 0.15) is 54.7 Å². The quantitative estimate of drug-likeness (QED) is 0.766. The molecule has 0 radical (unpaired) electrons. The van der Waals surface area contributed by atoms with Crippen LogP contribution in [0.25, 0.3) is 0 Å². The van der Waals surface area contributed by atoms with Crippen LogP contribution in [0, 0.1) is 17.0 Å². The first-order valence-electron chi connectivity index (χ1n) is 9.66. The third-order valence-corrected chi connectivity index (χ3v) is 6.39. The number of rotatable bonds is 3. The molecular formula is C23H25F2N3. The summed E-state index contributed by atoms with van der Waals surface area (Å²) < 4.78 is 28.3. The van der Waals surface area contributed by atoms with Gasteiger partial charge in [-0.25, -0.2) is 8.78 Å². The molecule has 1 aliphatic heterocycles. The zero-order valence-corrected chi connectivity index (χ0v) is 16.2. The molecule has 146 valence electrons. The summed E-state index contributed by atoms with van der Waals surface area (Å²) in [6, 6.07) is 12.1. The number of nitrogens with zero attached hydrogens (tertiary/aromatic N) is 1. The molecule has 1 aliphatic carbocycles. The molecule has 28 heavy (non-hydrogen) atoms. The Bertz CT molecular complexity index is 933. The lowest BCUT2D eigenvalue weighted by atomic mass is 9.71. The summed E-state index contributed by atoms with van der Waals surface area (Å²) in [6.07, 6.45) is 3.75. The van der Waals surface area contributed by atoms with Gasteiger partial charge < -0.3 is 10.2 Å². The van der Waals surface area contributed by atoms with Gasteiger partial charge in [-0.3, -0.25) is 5.41 Å². The van der Waals surface area contributed by atoms with Crippen LogP contribution in [-0.2, 0) is 5.54 Å². The standard InChI is InChI=1S/C23H25F2N3/c1-14-21(17-9-7-16(8-10-17)15-5-4-6-15)23(2,27-22(26)28(14)3)19-12-11-18(24)13-20(19)25/h7-13,15,21H,1,4-6H2,2-3H3,(H2,26,27)/t21-,23+/m0/s1. The van der Waals surface area contributed by atoms with Gasteiger partial charge in [0.25, 0.3) is 0 Å². The minimum atomic E-state index is -0.962. The Labute approximate surface area is 164 Å². The maximum atomic E-state index is 14.8. The van der Waals surface area contributed by atoms with Gasteiger partial charge in [0.05, 0.1) is 11.5 Å². The predicted molar refractivity (Wildman–Crippen MR) is 107 cm³/mol. The first-order valence-corrected chi connectivity index (χ1v) is 9.66. The molecule has 4 rings (SSSR count).